The van der Waals surface area contributed by atoms with Crippen molar-refractivity contribution in [2.75, 3.05) is 34.3 Å². The molecule has 34 heavy (non-hydrogen) atoms. The Kier molecular flexibility index (Phi) is 6.69. The minimum absolute atomic E-state index is 0.0202. The first-order valence-corrected chi connectivity index (χ1v) is 12.5. The van der Waals surface area contributed by atoms with E-state index in [1.165, 1.54) is 5.56 Å². The van der Waals surface area contributed by atoms with Crippen LogP contribution < -0.4 is 4.74 Å². The van der Waals surface area contributed by atoms with E-state index in [1.54, 1.807) is 7.11 Å². The summed E-state index contributed by atoms with van der Waals surface area (Å²) in [5, 5.41) is 0. The van der Waals surface area contributed by atoms with Crippen molar-refractivity contribution in [1.29, 1.82) is 0 Å². The van der Waals surface area contributed by atoms with Crippen molar-refractivity contribution in [1.82, 2.24) is 14.7 Å². The first-order valence-electron chi connectivity index (χ1n) is 12.5. The number of methoxy groups -OCH3 is 1. The van der Waals surface area contributed by atoms with E-state index in [2.05, 4.69) is 92.0 Å². The SMILES string of the molecule is COc1ccc(CN2C[C@]3(CC[C@](c4ccccc4)(N(C)C)CC3)N(CC(C)(C)C)C2=O)cc1. The van der Waals surface area contributed by atoms with E-state index in [1.807, 2.05) is 12.1 Å². The van der Waals surface area contributed by atoms with Crippen molar-refractivity contribution < 1.29 is 9.53 Å². The predicted molar refractivity (Wildman–Crippen MR) is 138 cm³/mol. The smallest absolute Gasteiger partial charge is 0.320 e. The summed E-state index contributed by atoms with van der Waals surface area (Å²) in [6, 6.07) is 19.2. The number of urea groups is 1. The molecule has 2 amide bonds. The number of amides is 2. The third kappa shape index (κ3) is 4.68. The molecule has 1 aliphatic heterocycles. The first-order chi connectivity index (χ1) is 16.1. The molecule has 0 unspecified atom stereocenters. The quantitative estimate of drug-likeness (QED) is 0.547. The van der Waals surface area contributed by atoms with E-state index in [4.69, 9.17) is 4.74 Å². The molecular weight excluding hydrogens is 422 g/mol. The zero-order chi connectivity index (χ0) is 24.6. The standard InChI is InChI=1S/C29H41N3O2/c1-27(2,3)21-32-26(33)31(20-23-12-14-25(34-6)15-13-23)22-28(32)16-18-29(19-17-28,30(4)5)24-10-8-7-9-11-24/h7-15H,16-22H2,1-6H3/t28-,29+. The average molecular weight is 464 g/mol. The molecule has 2 aliphatic rings. The normalized spacial score (nSPS) is 25.4. The van der Waals surface area contributed by atoms with Gasteiger partial charge in [0.25, 0.3) is 0 Å². The summed E-state index contributed by atoms with van der Waals surface area (Å²) < 4.78 is 5.30. The Morgan fingerprint density at radius 2 is 1.56 bits per heavy atom. The number of carbonyl (C=O) groups is 1. The van der Waals surface area contributed by atoms with E-state index in [9.17, 15) is 4.79 Å². The fourth-order valence-electron chi connectivity index (χ4n) is 5.97. The van der Waals surface area contributed by atoms with Crippen LogP contribution in [0.5, 0.6) is 5.75 Å². The van der Waals surface area contributed by atoms with Crippen LogP contribution in [-0.2, 0) is 12.1 Å². The minimum Gasteiger partial charge on any atom is -0.497 e. The van der Waals surface area contributed by atoms with Gasteiger partial charge in [-0.05, 0) is 68.5 Å². The van der Waals surface area contributed by atoms with Crippen LogP contribution in [0.1, 0.15) is 57.6 Å². The van der Waals surface area contributed by atoms with Crippen LogP contribution in [0.25, 0.3) is 0 Å². The van der Waals surface area contributed by atoms with Crippen molar-refractivity contribution in [3.05, 3.63) is 65.7 Å². The molecule has 2 aromatic carbocycles. The topological polar surface area (TPSA) is 36.0 Å². The Labute approximate surface area is 205 Å². The molecule has 1 saturated heterocycles. The highest BCUT2D eigenvalue weighted by atomic mass is 16.5. The lowest BCUT2D eigenvalue weighted by molar-refractivity contribution is 0.0154. The van der Waals surface area contributed by atoms with Gasteiger partial charge in [-0.25, -0.2) is 4.79 Å². The third-order valence-corrected chi connectivity index (χ3v) is 7.90. The molecule has 5 heteroatoms. The second-order valence-electron chi connectivity index (χ2n) is 11.6. The fourth-order valence-corrected chi connectivity index (χ4v) is 5.97. The van der Waals surface area contributed by atoms with Crippen molar-refractivity contribution in [3.8, 4) is 5.75 Å². The molecule has 1 heterocycles. The summed E-state index contributed by atoms with van der Waals surface area (Å²) in [5.41, 5.74) is 2.49. The fraction of sp³-hybridized carbons (Fsp3) is 0.552. The maximum absolute atomic E-state index is 13.8. The van der Waals surface area contributed by atoms with Gasteiger partial charge >= 0.3 is 6.03 Å². The molecule has 4 rings (SSSR count). The molecule has 0 bridgehead atoms. The van der Waals surface area contributed by atoms with Crippen molar-refractivity contribution in [2.45, 2.75) is 64.1 Å². The summed E-state index contributed by atoms with van der Waals surface area (Å²) in [4.78, 5) is 20.5. The van der Waals surface area contributed by atoms with Gasteiger partial charge in [0, 0.05) is 25.2 Å². The first kappa shape index (κ1) is 24.6. The van der Waals surface area contributed by atoms with Gasteiger partial charge in [-0.3, -0.25) is 4.90 Å². The lowest BCUT2D eigenvalue weighted by Crippen LogP contribution is -2.56. The molecule has 1 saturated carbocycles. The van der Waals surface area contributed by atoms with Crippen LogP contribution in [0.2, 0.25) is 0 Å². The van der Waals surface area contributed by atoms with Gasteiger partial charge in [-0.15, -0.1) is 0 Å². The number of hydrogen-bond donors (Lipinski definition) is 0. The van der Waals surface area contributed by atoms with Crippen molar-refractivity contribution >= 4 is 6.03 Å². The number of hydrogen-bond acceptors (Lipinski definition) is 3. The van der Waals surface area contributed by atoms with E-state index >= 15 is 0 Å². The van der Waals surface area contributed by atoms with Crippen LogP contribution in [0, 0.1) is 5.41 Å². The van der Waals surface area contributed by atoms with Crippen LogP contribution in [0.15, 0.2) is 54.6 Å². The Hall–Kier alpha value is -2.53. The molecule has 0 aromatic heterocycles. The number of benzene rings is 2. The molecule has 0 N–H and O–H groups in total. The van der Waals surface area contributed by atoms with Gasteiger partial charge in [0.1, 0.15) is 5.75 Å². The van der Waals surface area contributed by atoms with E-state index in [-0.39, 0.29) is 22.5 Å². The van der Waals surface area contributed by atoms with E-state index in [0.717, 1.165) is 50.1 Å². The summed E-state index contributed by atoms with van der Waals surface area (Å²) in [7, 11) is 6.08. The highest BCUT2D eigenvalue weighted by Crippen LogP contribution is 2.49. The number of rotatable bonds is 6. The van der Waals surface area contributed by atoms with Crippen LogP contribution in [0.4, 0.5) is 4.79 Å². The summed E-state index contributed by atoms with van der Waals surface area (Å²) >= 11 is 0. The van der Waals surface area contributed by atoms with Crippen LogP contribution >= 0.6 is 0 Å². The molecule has 2 fully saturated rings. The molecule has 1 spiro atoms. The Morgan fingerprint density at radius 3 is 2.09 bits per heavy atom. The summed E-state index contributed by atoms with van der Waals surface area (Å²) in [6.07, 6.45) is 4.13. The van der Waals surface area contributed by atoms with Crippen molar-refractivity contribution in [3.63, 3.8) is 0 Å². The van der Waals surface area contributed by atoms with Gasteiger partial charge in [0.15, 0.2) is 0 Å². The minimum atomic E-state index is -0.106. The number of ether oxygens (including phenoxy) is 1. The zero-order valence-corrected chi connectivity index (χ0v) is 21.8. The highest BCUT2D eigenvalue weighted by molar-refractivity contribution is 5.78. The zero-order valence-electron chi connectivity index (χ0n) is 21.8. The van der Waals surface area contributed by atoms with Gasteiger partial charge in [0.2, 0.25) is 0 Å². The average Bonchev–Trinajstić information content (AvgIpc) is 3.05. The molecule has 0 atom stereocenters. The summed E-state index contributed by atoms with van der Waals surface area (Å²) in [6.45, 7) is 8.92. The van der Waals surface area contributed by atoms with Gasteiger partial charge < -0.3 is 14.5 Å². The van der Waals surface area contributed by atoms with Gasteiger partial charge in [-0.1, -0.05) is 63.2 Å². The molecule has 184 valence electrons. The second-order valence-corrected chi connectivity index (χ2v) is 11.6. The Balaban J connectivity index is 1.60. The lowest BCUT2D eigenvalue weighted by Gasteiger charge is -2.51. The molecule has 0 radical (unpaired) electrons. The number of carbonyl (C=O) groups excluding carboxylic acids is 1. The highest BCUT2D eigenvalue weighted by Gasteiger charge is 2.54. The molecule has 5 nitrogen and oxygen atoms in total. The summed E-state index contributed by atoms with van der Waals surface area (Å²) in [5.74, 6) is 0.843. The number of nitrogens with zero attached hydrogens (tertiary/aromatic N) is 3. The Morgan fingerprint density at radius 1 is 0.941 bits per heavy atom. The predicted octanol–water partition coefficient (Wildman–Crippen LogP) is 5.75. The monoisotopic (exact) mass is 463 g/mol. The second kappa shape index (κ2) is 9.26. The largest absolute Gasteiger partial charge is 0.497 e. The molecule has 2 aromatic rings. The Bertz CT molecular complexity index is 971. The van der Waals surface area contributed by atoms with E-state index < -0.39 is 0 Å². The molecular formula is C29H41N3O2. The van der Waals surface area contributed by atoms with E-state index in [0.29, 0.717) is 6.54 Å². The van der Waals surface area contributed by atoms with Crippen molar-refractivity contribution in [2.24, 2.45) is 5.41 Å². The third-order valence-electron chi connectivity index (χ3n) is 7.90. The molecule has 1 aliphatic carbocycles. The maximum Gasteiger partial charge on any atom is 0.320 e. The maximum atomic E-state index is 13.8. The van der Waals surface area contributed by atoms with Crippen LogP contribution in [-0.4, -0.2) is 60.6 Å². The van der Waals surface area contributed by atoms with Gasteiger partial charge in [-0.2, -0.15) is 0 Å². The van der Waals surface area contributed by atoms with Gasteiger partial charge in [0.05, 0.1) is 12.6 Å². The lowest BCUT2D eigenvalue weighted by atomic mass is 9.68. The van der Waals surface area contributed by atoms with Crippen LogP contribution in [0.3, 0.4) is 0 Å².